The van der Waals surface area contributed by atoms with Crippen LogP contribution < -0.4 is 10.8 Å². The van der Waals surface area contributed by atoms with Gasteiger partial charge >= 0.3 is 0 Å². The van der Waals surface area contributed by atoms with Gasteiger partial charge in [-0.05, 0) is 12.5 Å². The summed E-state index contributed by atoms with van der Waals surface area (Å²) in [6.45, 7) is 1.74. The number of carbonyl (C=O) groups is 1. The van der Waals surface area contributed by atoms with E-state index in [0.717, 1.165) is 5.56 Å². The van der Waals surface area contributed by atoms with E-state index in [1.54, 1.807) is 25.1 Å². The lowest BCUT2D eigenvalue weighted by Crippen LogP contribution is -2.43. The first kappa shape index (κ1) is 16.9. The van der Waals surface area contributed by atoms with Crippen molar-refractivity contribution in [3.8, 4) is 6.07 Å². The molecule has 0 bridgehead atoms. The molecule has 0 aliphatic heterocycles. The summed E-state index contributed by atoms with van der Waals surface area (Å²) in [5, 5.41) is 20.5. The third kappa shape index (κ3) is 5.36. The van der Waals surface area contributed by atoms with E-state index in [9.17, 15) is 4.79 Å². The highest BCUT2D eigenvalue weighted by Gasteiger charge is 2.20. The summed E-state index contributed by atoms with van der Waals surface area (Å²) in [6, 6.07) is 11.1. The van der Waals surface area contributed by atoms with Gasteiger partial charge in [0, 0.05) is 7.11 Å². The topological polar surface area (TPSA) is 94.4 Å². The van der Waals surface area contributed by atoms with E-state index in [4.69, 9.17) is 15.2 Å². The second kappa shape index (κ2) is 8.87. The normalized spacial score (nSPS) is 14.1. The fourth-order valence-electron chi connectivity index (χ4n) is 1.79. The SMILES string of the molecule is COC/C(C#N)=C\C(C(=O)NC(C)NO)c1ccccc1. The molecular formula is C15H19N3O3. The molecule has 112 valence electrons. The first-order valence-electron chi connectivity index (χ1n) is 6.47. The molecule has 0 spiro atoms. The van der Waals surface area contributed by atoms with Crippen LogP contribution in [0, 0.1) is 11.3 Å². The van der Waals surface area contributed by atoms with Gasteiger partial charge in [-0.3, -0.25) is 4.79 Å². The number of rotatable bonds is 7. The maximum atomic E-state index is 12.3. The molecule has 0 fully saturated rings. The largest absolute Gasteiger partial charge is 0.379 e. The van der Waals surface area contributed by atoms with Crippen LogP contribution in [-0.2, 0) is 9.53 Å². The van der Waals surface area contributed by atoms with Gasteiger partial charge in [-0.15, -0.1) is 0 Å². The fraction of sp³-hybridized carbons (Fsp3) is 0.333. The van der Waals surface area contributed by atoms with Crippen LogP contribution >= 0.6 is 0 Å². The van der Waals surface area contributed by atoms with Crippen LogP contribution in [0.4, 0.5) is 0 Å². The van der Waals surface area contributed by atoms with Crippen LogP contribution in [-0.4, -0.2) is 31.0 Å². The van der Waals surface area contributed by atoms with Crippen molar-refractivity contribution >= 4 is 5.91 Å². The Bertz CT molecular complexity index is 523. The van der Waals surface area contributed by atoms with Crippen molar-refractivity contribution in [2.24, 2.45) is 0 Å². The number of nitrogens with one attached hydrogen (secondary N) is 2. The first-order chi connectivity index (χ1) is 10.1. The van der Waals surface area contributed by atoms with Gasteiger partial charge in [-0.2, -0.15) is 10.7 Å². The molecule has 1 rings (SSSR count). The molecule has 1 aromatic carbocycles. The molecule has 3 N–H and O–H groups in total. The molecule has 0 aromatic heterocycles. The van der Waals surface area contributed by atoms with Crippen LogP contribution in [0.2, 0.25) is 0 Å². The molecule has 0 aliphatic rings. The zero-order valence-electron chi connectivity index (χ0n) is 12.0. The van der Waals surface area contributed by atoms with E-state index in [1.165, 1.54) is 7.11 Å². The molecule has 1 aromatic rings. The summed E-state index contributed by atoms with van der Waals surface area (Å²) in [4.78, 5) is 12.3. The third-order valence-corrected chi connectivity index (χ3v) is 2.80. The van der Waals surface area contributed by atoms with Gasteiger partial charge in [0.2, 0.25) is 5.91 Å². The van der Waals surface area contributed by atoms with Crippen LogP contribution in [0.5, 0.6) is 0 Å². The maximum absolute atomic E-state index is 12.3. The quantitative estimate of drug-likeness (QED) is 0.400. The number of ether oxygens (including phenoxy) is 1. The summed E-state index contributed by atoms with van der Waals surface area (Å²) in [5.41, 5.74) is 3.07. The lowest BCUT2D eigenvalue weighted by Gasteiger charge is -2.18. The summed E-state index contributed by atoms with van der Waals surface area (Å²) >= 11 is 0. The number of amides is 1. The smallest absolute Gasteiger partial charge is 0.232 e. The van der Waals surface area contributed by atoms with Crippen LogP contribution in [0.25, 0.3) is 0 Å². The Morgan fingerprint density at radius 3 is 2.67 bits per heavy atom. The molecule has 0 aliphatic carbocycles. The number of nitrogens with zero attached hydrogens (tertiary/aromatic N) is 1. The average molecular weight is 289 g/mol. The molecule has 0 radical (unpaired) electrons. The van der Waals surface area contributed by atoms with Gasteiger partial charge in [0.25, 0.3) is 0 Å². The van der Waals surface area contributed by atoms with Gasteiger partial charge in [0.1, 0.15) is 0 Å². The van der Waals surface area contributed by atoms with E-state index in [2.05, 4.69) is 5.32 Å². The number of carbonyl (C=O) groups excluding carboxylic acids is 1. The van der Waals surface area contributed by atoms with E-state index >= 15 is 0 Å². The lowest BCUT2D eigenvalue weighted by molar-refractivity contribution is -0.123. The summed E-state index contributed by atoms with van der Waals surface area (Å²) in [7, 11) is 1.49. The molecule has 6 nitrogen and oxygen atoms in total. The molecule has 6 heteroatoms. The Labute approximate surface area is 124 Å². The van der Waals surface area contributed by atoms with Gasteiger partial charge < -0.3 is 15.3 Å². The highest BCUT2D eigenvalue weighted by molar-refractivity contribution is 5.86. The van der Waals surface area contributed by atoms with Crippen LogP contribution in [0.15, 0.2) is 42.0 Å². The highest BCUT2D eigenvalue weighted by Crippen LogP contribution is 2.19. The van der Waals surface area contributed by atoms with Gasteiger partial charge in [-0.1, -0.05) is 36.4 Å². The van der Waals surface area contributed by atoms with Crippen LogP contribution in [0.1, 0.15) is 18.4 Å². The molecule has 1 amide bonds. The predicted molar refractivity (Wildman–Crippen MR) is 77.3 cm³/mol. The number of hydrogen-bond acceptors (Lipinski definition) is 5. The van der Waals surface area contributed by atoms with Crippen LogP contribution in [0.3, 0.4) is 0 Å². The molecule has 0 heterocycles. The standard InChI is InChI=1S/C15H19N3O3/c1-11(18-20)17-15(19)14(8-12(9-16)10-21-2)13-6-4-3-5-7-13/h3-8,11,14,18,20H,10H2,1-2H3,(H,17,19)/b12-8-. The summed E-state index contributed by atoms with van der Waals surface area (Å²) < 4.78 is 4.94. The predicted octanol–water partition coefficient (Wildman–Crippen LogP) is 1.31. The zero-order valence-corrected chi connectivity index (χ0v) is 12.0. The first-order valence-corrected chi connectivity index (χ1v) is 6.47. The number of hydroxylamine groups is 1. The molecule has 0 saturated carbocycles. The second-order valence-electron chi connectivity index (χ2n) is 4.48. The van der Waals surface area contributed by atoms with Crippen molar-refractivity contribution in [3.05, 3.63) is 47.5 Å². The Morgan fingerprint density at radius 1 is 1.48 bits per heavy atom. The van der Waals surface area contributed by atoms with Crippen molar-refractivity contribution in [2.75, 3.05) is 13.7 Å². The Morgan fingerprint density at radius 2 is 2.14 bits per heavy atom. The maximum Gasteiger partial charge on any atom is 0.232 e. The monoisotopic (exact) mass is 289 g/mol. The lowest BCUT2D eigenvalue weighted by atomic mass is 9.95. The van der Waals surface area contributed by atoms with E-state index in [1.807, 2.05) is 29.7 Å². The van der Waals surface area contributed by atoms with E-state index < -0.39 is 12.1 Å². The summed E-state index contributed by atoms with van der Waals surface area (Å²) in [6.07, 6.45) is 0.975. The van der Waals surface area contributed by atoms with Crippen molar-refractivity contribution in [3.63, 3.8) is 0 Å². The number of hydrogen-bond donors (Lipinski definition) is 3. The van der Waals surface area contributed by atoms with Gasteiger partial charge in [0.05, 0.1) is 30.3 Å². The molecule has 0 saturated heterocycles. The average Bonchev–Trinajstić information content (AvgIpc) is 2.51. The number of nitriles is 1. The number of methoxy groups -OCH3 is 1. The molecule has 2 atom stereocenters. The molecule has 2 unspecified atom stereocenters. The minimum atomic E-state index is -0.633. The van der Waals surface area contributed by atoms with E-state index in [-0.39, 0.29) is 12.5 Å². The zero-order chi connectivity index (χ0) is 15.7. The highest BCUT2D eigenvalue weighted by atomic mass is 16.5. The van der Waals surface area contributed by atoms with E-state index in [0.29, 0.717) is 5.57 Å². The fourth-order valence-corrected chi connectivity index (χ4v) is 1.79. The molecule has 21 heavy (non-hydrogen) atoms. The van der Waals surface area contributed by atoms with Crippen molar-refractivity contribution < 1.29 is 14.7 Å². The minimum absolute atomic E-state index is 0.140. The van der Waals surface area contributed by atoms with Gasteiger partial charge in [-0.25, -0.2) is 0 Å². The van der Waals surface area contributed by atoms with Gasteiger partial charge in [0.15, 0.2) is 0 Å². The number of benzene rings is 1. The Hall–Kier alpha value is -2.20. The third-order valence-electron chi connectivity index (χ3n) is 2.80. The Kier molecular flexibility index (Phi) is 7.12. The summed E-state index contributed by atoms with van der Waals surface area (Å²) in [5.74, 6) is -0.953. The minimum Gasteiger partial charge on any atom is -0.379 e. The second-order valence-corrected chi connectivity index (χ2v) is 4.48. The van der Waals surface area contributed by atoms with Crippen molar-refractivity contribution in [2.45, 2.75) is 19.0 Å². The molecular weight excluding hydrogens is 270 g/mol. The van der Waals surface area contributed by atoms with Crippen molar-refractivity contribution in [1.29, 1.82) is 5.26 Å². The Balaban J connectivity index is 3.06. The van der Waals surface area contributed by atoms with Crippen molar-refractivity contribution in [1.82, 2.24) is 10.8 Å².